The Labute approximate surface area is 228 Å². The lowest BCUT2D eigenvalue weighted by Gasteiger charge is -2.41. The highest BCUT2D eigenvalue weighted by atomic mass is 16.5. The molecule has 2 aliphatic heterocycles. The van der Waals surface area contributed by atoms with E-state index < -0.39 is 30.1 Å². The average Bonchev–Trinajstić information content (AvgIpc) is 3.35. The van der Waals surface area contributed by atoms with E-state index in [9.17, 15) is 24.6 Å². The molecule has 2 heterocycles. The summed E-state index contributed by atoms with van der Waals surface area (Å²) < 4.78 is 17.1. The minimum absolute atomic E-state index is 0.0440. The Balaban J connectivity index is 1.72. The summed E-state index contributed by atoms with van der Waals surface area (Å²) in [4.78, 5) is 42.4. The van der Waals surface area contributed by atoms with Gasteiger partial charge in [0.1, 0.15) is 18.5 Å². The van der Waals surface area contributed by atoms with Crippen molar-refractivity contribution in [2.24, 2.45) is 0 Å². The molecular weight excluding hydrogens is 506 g/mol. The summed E-state index contributed by atoms with van der Waals surface area (Å²) in [5, 5.41) is 23.7. The molecule has 11 nitrogen and oxygen atoms in total. The first-order valence-electron chi connectivity index (χ1n) is 13.7. The maximum atomic E-state index is 13.5. The summed E-state index contributed by atoms with van der Waals surface area (Å²) in [6, 6.07) is 2.38. The van der Waals surface area contributed by atoms with Gasteiger partial charge in [0.25, 0.3) is 0 Å². The number of hydrogen-bond donors (Lipinski definition) is 3. The number of aliphatic hydroxyl groups is 2. The summed E-state index contributed by atoms with van der Waals surface area (Å²) in [6.07, 6.45) is 2.20. The number of nitrogens with zero attached hydrogens (tertiary/aromatic N) is 2. The van der Waals surface area contributed by atoms with Gasteiger partial charge in [-0.1, -0.05) is 13.3 Å². The van der Waals surface area contributed by atoms with E-state index in [1.807, 2.05) is 6.92 Å². The number of carbonyl (C=O) groups is 3. The molecule has 4 rings (SSSR count). The number of ether oxygens (including phenoxy) is 3. The number of morpholine rings is 1. The second-order valence-electron chi connectivity index (χ2n) is 10.0. The zero-order valence-corrected chi connectivity index (χ0v) is 22.6. The van der Waals surface area contributed by atoms with Crippen molar-refractivity contribution >= 4 is 18.1 Å². The zero-order valence-electron chi connectivity index (χ0n) is 22.6. The number of unbranched alkanes of at least 4 members (excludes halogenated alkanes) is 1. The van der Waals surface area contributed by atoms with Crippen LogP contribution in [-0.4, -0.2) is 116 Å². The molecule has 1 saturated heterocycles. The smallest absolute Gasteiger partial charge is 0.247 e. The topological polar surface area (TPSA) is 138 Å². The molecule has 0 bridgehead atoms. The average molecular weight is 546 g/mol. The number of hydrogen-bond acceptors (Lipinski definition) is 9. The molecule has 4 atom stereocenters. The van der Waals surface area contributed by atoms with E-state index in [2.05, 4.69) is 10.2 Å². The second-order valence-corrected chi connectivity index (χ2v) is 10.0. The third-order valence-electron chi connectivity index (χ3n) is 7.60. The van der Waals surface area contributed by atoms with Gasteiger partial charge in [0.2, 0.25) is 11.8 Å². The fraction of sp³-hybridized carbons (Fsp3) is 0.607. The molecule has 0 radical (unpaired) electrons. The van der Waals surface area contributed by atoms with E-state index in [0.29, 0.717) is 73.6 Å². The van der Waals surface area contributed by atoms with Crippen LogP contribution in [0.4, 0.5) is 0 Å². The lowest BCUT2D eigenvalue weighted by molar-refractivity contribution is -0.137. The molecule has 0 unspecified atom stereocenters. The highest BCUT2D eigenvalue weighted by Crippen LogP contribution is 2.51. The molecule has 3 aliphatic rings. The Morgan fingerprint density at radius 3 is 2.72 bits per heavy atom. The highest BCUT2D eigenvalue weighted by Gasteiger charge is 2.51. The van der Waals surface area contributed by atoms with E-state index >= 15 is 0 Å². The first kappa shape index (κ1) is 29.0. The van der Waals surface area contributed by atoms with Crippen molar-refractivity contribution in [2.45, 2.75) is 50.4 Å². The van der Waals surface area contributed by atoms with Crippen LogP contribution in [0.2, 0.25) is 0 Å². The van der Waals surface area contributed by atoms with Crippen molar-refractivity contribution in [1.29, 1.82) is 0 Å². The fourth-order valence-electron chi connectivity index (χ4n) is 5.54. The Kier molecular flexibility index (Phi) is 9.95. The number of carbonyl (C=O) groups excluding carboxylic acids is 3. The molecule has 0 spiro atoms. The number of rotatable bonds is 12. The number of aldehydes is 1. The molecule has 3 N–H and O–H groups in total. The van der Waals surface area contributed by atoms with Gasteiger partial charge in [0.15, 0.2) is 11.5 Å². The van der Waals surface area contributed by atoms with Crippen LogP contribution in [0.3, 0.4) is 0 Å². The SMILES string of the molecule is CCCCC(=O)N(CCN1CCOCC1)[C@@H]1C=C(C(=O)NCCO)[C@@H]2c3cc(C=O)cc(OC)c3O[C@@H]2[C@H]1O. The molecule has 1 aliphatic carbocycles. The molecule has 39 heavy (non-hydrogen) atoms. The molecule has 1 aromatic carbocycles. The van der Waals surface area contributed by atoms with Gasteiger partial charge >= 0.3 is 0 Å². The Morgan fingerprint density at radius 1 is 1.28 bits per heavy atom. The van der Waals surface area contributed by atoms with Crippen LogP contribution < -0.4 is 14.8 Å². The lowest BCUT2D eigenvalue weighted by Crippen LogP contribution is -2.57. The molecule has 2 amide bonds. The number of methoxy groups -OCH3 is 1. The van der Waals surface area contributed by atoms with Gasteiger partial charge in [-0.3, -0.25) is 19.3 Å². The van der Waals surface area contributed by atoms with Gasteiger partial charge in [0.05, 0.1) is 38.9 Å². The van der Waals surface area contributed by atoms with Gasteiger partial charge in [0, 0.05) is 55.8 Å². The van der Waals surface area contributed by atoms with Crippen molar-refractivity contribution in [2.75, 3.05) is 59.7 Å². The first-order chi connectivity index (χ1) is 18.9. The summed E-state index contributed by atoms with van der Waals surface area (Å²) in [7, 11) is 1.46. The summed E-state index contributed by atoms with van der Waals surface area (Å²) in [5.74, 6) is -0.542. The second kappa shape index (κ2) is 13.4. The number of benzene rings is 1. The maximum absolute atomic E-state index is 13.5. The number of nitrogens with one attached hydrogen (secondary N) is 1. The highest BCUT2D eigenvalue weighted by molar-refractivity contribution is 5.96. The van der Waals surface area contributed by atoms with Gasteiger partial charge in [-0.05, 0) is 24.6 Å². The summed E-state index contributed by atoms with van der Waals surface area (Å²) >= 11 is 0. The van der Waals surface area contributed by atoms with Gasteiger partial charge in [-0.25, -0.2) is 0 Å². The van der Waals surface area contributed by atoms with Crippen molar-refractivity contribution in [3.63, 3.8) is 0 Å². The molecule has 0 saturated carbocycles. The van der Waals surface area contributed by atoms with E-state index in [4.69, 9.17) is 14.2 Å². The molecule has 11 heteroatoms. The Hall–Kier alpha value is -2.99. The Bertz CT molecular complexity index is 1070. The summed E-state index contributed by atoms with van der Waals surface area (Å²) in [6.45, 7) is 5.58. The predicted molar refractivity (Wildman–Crippen MR) is 142 cm³/mol. The quantitative estimate of drug-likeness (QED) is 0.320. The normalized spacial score (nSPS) is 24.2. The van der Waals surface area contributed by atoms with E-state index in [-0.39, 0.29) is 19.1 Å². The standard InChI is InChI=1S/C28H39N3O8/c1-3-4-5-23(34)31(8-7-30-9-12-38-13-10-30)21-16-20(28(36)29-6-11-32)24-19-14-18(17-33)15-22(37-2)26(19)39-27(24)25(21)35/h14-17,21,24-25,27,32,35H,3-13H2,1-2H3,(H,29,36)/t21-,24+,25+,27+/m1/s1. The van der Waals surface area contributed by atoms with E-state index in [0.717, 1.165) is 19.5 Å². The van der Waals surface area contributed by atoms with E-state index in [1.54, 1.807) is 23.1 Å². The predicted octanol–water partition coefficient (Wildman–Crippen LogP) is 0.481. The van der Waals surface area contributed by atoms with Crippen molar-refractivity contribution in [3.8, 4) is 11.5 Å². The fourth-order valence-corrected chi connectivity index (χ4v) is 5.54. The maximum Gasteiger partial charge on any atom is 0.247 e. The van der Waals surface area contributed by atoms with Crippen LogP contribution in [0.15, 0.2) is 23.8 Å². The third-order valence-corrected chi connectivity index (χ3v) is 7.60. The van der Waals surface area contributed by atoms with Crippen LogP contribution in [-0.2, 0) is 14.3 Å². The molecule has 1 aromatic rings. The molecular formula is C28H39N3O8. The van der Waals surface area contributed by atoms with Crippen LogP contribution in [0.25, 0.3) is 0 Å². The summed E-state index contributed by atoms with van der Waals surface area (Å²) in [5.41, 5.74) is 1.22. The largest absolute Gasteiger partial charge is 0.493 e. The molecule has 1 fully saturated rings. The number of amides is 2. The van der Waals surface area contributed by atoms with Gasteiger partial charge in [-0.2, -0.15) is 0 Å². The molecule has 214 valence electrons. The zero-order chi connectivity index (χ0) is 27.9. The first-order valence-corrected chi connectivity index (χ1v) is 13.7. The van der Waals surface area contributed by atoms with Gasteiger partial charge < -0.3 is 34.6 Å². The van der Waals surface area contributed by atoms with Crippen LogP contribution in [0.5, 0.6) is 11.5 Å². The Morgan fingerprint density at radius 2 is 2.05 bits per heavy atom. The monoisotopic (exact) mass is 545 g/mol. The lowest BCUT2D eigenvalue weighted by atomic mass is 9.77. The van der Waals surface area contributed by atoms with Crippen LogP contribution in [0, 0.1) is 0 Å². The van der Waals surface area contributed by atoms with Crippen LogP contribution >= 0.6 is 0 Å². The number of aliphatic hydroxyl groups excluding tert-OH is 2. The van der Waals surface area contributed by atoms with Crippen molar-refractivity contribution in [1.82, 2.24) is 15.1 Å². The minimum Gasteiger partial charge on any atom is -0.493 e. The minimum atomic E-state index is -1.14. The van der Waals surface area contributed by atoms with Crippen LogP contribution in [0.1, 0.15) is 48.0 Å². The van der Waals surface area contributed by atoms with Crippen molar-refractivity contribution < 1.29 is 38.8 Å². The van der Waals surface area contributed by atoms with Crippen molar-refractivity contribution in [3.05, 3.63) is 34.9 Å². The van der Waals surface area contributed by atoms with E-state index in [1.165, 1.54) is 7.11 Å². The van der Waals surface area contributed by atoms with Gasteiger partial charge in [-0.15, -0.1) is 0 Å². The number of fused-ring (bicyclic) bond motifs is 3. The third kappa shape index (κ3) is 6.27. The molecule has 0 aromatic heterocycles.